The molecule has 0 rings (SSSR count). The van der Waals surface area contributed by atoms with Crippen LogP contribution in [0.3, 0.4) is 0 Å². The fraction of sp³-hybridized carbons (Fsp3) is 0.929. The Bertz CT molecular complexity index is 183. The van der Waals surface area contributed by atoms with Crippen LogP contribution in [0.25, 0.3) is 0 Å². The Morgan fingerprint density at radius 1 is 1.00 bits per heavy atom. The van der Waals surface area contributed by atoms with Crippen LogP contribution in [0.4, 0.5) is 0 Å². The largest absolute Gasteiger partial charge is 0.468 e. The van der Waals surface area contributed by atoms with E-state index in [-0.39, 0.29) is 5.97 Å². The van der Waals surface area contributed by atoms with Crippen LogP contribution < -0.4 is 5.73 Å². The summed E-state index contributed by atoms with van der Waals surface area (Å²) in [4.78, 5) is 11.0. The smallest absolute Gasteiger partial charge is 0.322 e. The summed E-state index contributed by atoms with van der Waals surface area (Å²) in [5.41, 5.74) is 5.65. The summed E-state index contributed by atoms with van der Waals surface area (Å²) >= 11 is 0. The van der Waals surface area contributed by atoms with Crippen molar-refractivity contribution in [1.82, 2.24) is 0 Å². The van der Waals surface area contributed by atoms with Crippen LogP contribution >= 0.6 is 0 Å². The third kappa shape index (κ3) is 10.3. The minimum Gasteiger partial charge on any atom is -0.468 e. The molecule has 0 saturated heterocycles. The van der Waals surface area contributed by atoms with Crippen LogP contribution in [0.15, 0.2) is 0 Å². The second-order valence-corrected chi connectivity index (χ2v) is 4.75. The predicted molar refractivity (Wildman–Crippen MR) is 71.8 cm³/mol. The van der Waals surface area contributed by atoms with Crippen LogP contribution in [-0.4, -0.2) is 19.1 Å². The third-order valence-electron chi connectivity index (χ3n) is 3.12. The van der Waals surface area contributed by atoms with E-state index in [0.717, 1.165) is 12.8 Å². The van der Waals surface area contributed by atoms with Gasteiger partial charge in [0.05, 0.1) is 7.11 Å². The molecule has 102 valence electrons. The molecule has 0 aliphatic rings. The molecule has 0 aromatic rings. The van der Waals surface area contributed by atoms with E-state index >= 15 is 0 Å². The molecular weight excluding hydrogens is 214 g/mol. The molecule has 0 aliphatic carbocycles. The average Bonchev–Trinajstić information content (AvgIpc) is 2.35. The van der Waals surface area contributed by atoms with Crippen molar-refractivity contribution < 1.29 is 9.53 Å². The van der Waals surface area contributed by atoms with Gasteiger partial charge < -0.3 is 10.5 Å². The molecule has 0 saturated carbocycles. The Morgan fingerprint density at radius 2 is 1.47 bits per heavy atom. The molecule has 0 bridgehead atoms. The minimum absolute atomic E-state index is 0.287. The first-order valence-electron chi connectivity index (χ1n) is 7.05. The molecule has 1 unspecified atom stereocenters. The van der Waals surface area contributed by atoms with Gasteiger partial charge in [-0.15, -0.1) is 0 Å². The number of unbranched alkanes of at least 4 members (excludes halogenated alkanes) is 8. The van der Waals surface area contributed by atoms with Gasteiger partial charge in [-0.2, -0.15) is 0 Å². The average molecular weight is 243 g/mol. The number of hydrogen-bond donors (Lipinski definition) is 1. The van der Waals surface area contributed by atoms with E-state index in [1.54, 1.807) is 0 Å². The second kappa shape index (κ2) is 11.9. The molecule has 0 fully saturated rings. The fourth-order valence-electron chi connectivity index (χ4n) is 1.94. The SMILES string of the molecule is CCCCCCCCCCCC(N)C(=O)OC. The van der Waals surface area contributed by atoms with E-state index in [2.05, 4.69) is 11.7 Å². The van der Waals surface area contributed by atoms with Gasteiger partial charge in [0.2, 0.25) is 0 Å². The molecule has 0 amide bonds. The van der Waals surface area contributed by atoms with Crippen LogP contribution in [0.1, 0.15) is 71.1 Å². The summed E-state index contributed by atoms with van der Waals surface area (Å²) in [7, 11) is 1.39. The maximum absolute atomic E-state index is 11.0. The highest BCUT2D eigenvalue weighted by atomic mass is 16.5. The fourth-order valence-corrected chi connectivity index (χ4v) is 1.94. The Labute approximate surface area is 106 Å². The van der Waals surface area contributed by atoms with Gasteiger partial charge in [-0.3, -0.25) is 4.79 Å². The molecule has 0 aliphatic heterocycles. The first-order valence-corrected chi connectivity index (χ1v) is 7.05. The highest BCUT2D eigenvalue weighted by Crippen LogP contribution is 2.11. The summed E-state index contributed by atoms with van der Waals surface area (Å²) in [6.45, 7) is 2.24. The van der Waals surface area contributed by atoms with Crippen LogP contribution in [-0.2, 0) is 9.53 Å². The van der Waals surface area contributed by atoms with E-state index in [1.807, 2.05) is 0 Å². The Hall–Kier alpha value is -0.570. The van der Waals surface area contributed by atoms with Crippen molar-refractivity contribution in [1.29, 1.82) is 0 Å². The van der Waals surface area contributed by atoms with Crippen LogP contribution in [0, 0.1) is 0 Å². The topological polar surface area (TPSA) is 52.3 Å². The van der Waals surface area contributed by atoms with E-state index in [0.29, 0.717) is 0 Å². The first-order chi connectivity index (χ1) is 8.22. The lowest BCUT2D eigenvalue weighted by Crippen LogP contribution is -2.31. The van der Waals surface area contributed by atoms with Gasteiger partial charge in [0.25, 0.3) is 0 Å². The molecule has 0 radical (unpaired) electrons. The number of rotatable bonds is 11. The van der Waals surface area contributed by atoms with Gasteiger partial charge in [0.1, 0.15) is 6.04 Å². The maximum atomic E-state index is 11.0. The van der Waals surface area contributed by atoms with Gasteiger partial charge in [0, 0.05) is 0 Å². The van der Waals surface area contributed by atoms with Gasteiger partial charge in [0.15, 0.2) is 0 Å². The number of carbonyl (C=O) groups excluding carboxylic acids is 1. The standard InChI is InChI=1S/C14H29NO2/c1-3-4-5-6-7-8-9-10-11-12-13(15)14(16)17-2/h13H,3-12,15H2,1-2H3. The van der Waals surface area contributed by atoms with Crippen molar-refractivity contribution >= 4 is 5.97 Å². The Balaban J connectivity index is 3.15. The number of hydrogen-bond acceptors (Lipinski definition) is 3. The van der Waals surface area contributed by atoms with Crippen molar-refractivity contribution in [3.05, 3.63) is 0 Å². The molecular formula is C14H29NO2. The summed E-state index contributed by atoms with van der Waals surface area (Å²) in [5, 5.41) is 0. The van der Waals surface area contributed by atoms with Crippen molar-refractivity contribution in [2.75, 3.05) is 7.11 Å². The Kier molecular flexibility index (Phi) is 11.5. The number of esters is 1. The molecule has 3 heteroatoms. The quantitative estimate of drug-likeness (QED) is 0.447. The lowest BCUT2D eigenvalue weighted by atomic mass is 10.0. The lowest BCUT2D eigenvalue weighted by molar-refractivity contribution is -0.142. The highest BCUT2D eigenvalue weighted by molar-refractivity contribution is 5.75. The van der Waals surface area contributed by atoms with Crippen molar-refractivity contribution in [2.45, 2.75) is 77.2 Å². The molecule has 17 heavy (non-hydrogen) atoms. The predicted octanol–water partition coefficient (Wildman–Crippen LogP) is 3.41. The van der Waals surface area contributed by atoms with Crippen molar-refractivity contribution in [2.24, 2.45) is 5.73 Å². The summed E-state index contributed by atoms with van der Waals surface area (Å²) in [6.07, 6.45) is 12.3. The third-order valence-corrected chi connectivity index (χ3v) is 3.12. The van der Waals surface area contributed by atoms with E-state index in [4.69, 9.17) is 5.73 Å². The molecule has 2 N–H and O–H groups in total. The molecule has 0 spiro atoms. The maximum Gasteiger partial charge on any atom is 0.322 e. The van der Waals surface area contributed by atoms with Gasteiger partial charge in [-0.1, -0.05) is 64.7 Å². The Morgan fingerprint density at radius 3 is 1.94 bits per heavy atom. The normalized spacial score (nSPS) is 12.4. The van der Waals surface area contributed by atoms with E-state index in [1.165, 1.54) is 58.5 Å². The number of methoxy groups -OCH3 is 1. The molecule has 3 nitrogen and oxygen atoms in total. The highest BCUT2D eigenvalue weighted by Gasteiger charge is 2.12. The molecule has 0 aromatic carbocycles. The number of carbonyl (C=O) groups is 1. The number of nitrogens with two attached hydrogens (primary N) is 1. The van der Waals surface area contributed by atoms with E-state index in [9.17, 15) is 4.79 Å². The van der Waals surface area contributed by atoms with Gasteiger partial charge in [-0.05, 0) is 6.42 Å². The minimum atomic E-state index is -0.426. The number of ether oxygens (including phenoxy) is 1. The van der Waals surface area contributed by atoms with Crippen molar-refractivity contribution in [3.63, 3.8) is 0 Å². The second-order valence-electron chi connectivity index (χ2n) is 4.75. The van der Waals surface area contributed by atoms with Gasteiger partial charge >= 0.3 is 5.97 Å². The zero-order chi connectivity index (χ0) is 12.9. The lowest BCUT2D eigenvalue weighted by Gasteiger charge is -2.08. The molecule has 1 atom stereocenters. The summed E-state index contributed by atoms with van der Waals surface area (Å²) < 4.78 is 4.58. The summed E-state index contributed by atoms with van der Waals surface area (Å²) in [6, 6.07) is -0.426. The zero-order valence-corrected chi connectivity index (χ0v) is 11.5. The first kappa shape index (κ1) is 16.4. The van der Waals surface area contributed by atoms with Crippen LogP contribution in [0.2, 0.25) is 0 Å². The van der Waals surface area contributed by atoms with E-state index < -0.39 is 6.04 Å². The van der Waals surface area contributed by atoms with Crippen molar-refractivity contribution in [3.8, 4) is 0 Å². The van der Waals surface area contributed by atoms with Crippen LogP contribution in [0.5, 0.6) is 0 Å². The molecule has 0 heterocycles. The van der Waals surface area contributed by atoms with Gasteiger partial charge in [-0.25, -0.2) is 0 Å². The summed E-state index contributed by atoms with van der Waals surface area (Å²) in [5.74, 6) is -0.287. The molecule has 0 aromatic heterocycles. The zero-order valence-electron chi connectivity index (χ0n) is 11.5. The monoisotopic (exact) mass is 243 g/mol.